The molecule has 1 heterocycles. The van der Waals surface area contributed by atoms with Gasteiger partial charge in [-0.15, -0.1) is 12.3 Å². The molecule has 0 amide bonds. The fraction of sp³-hybridized carbons (Fsp3) is 0.231. The highest BCUT2D eigenvalue weighted by Crippen LogP contribution is 2.24. The van der Waals surface area contributed by atoms with E-state index in [0.717, 1.165) is 6.42 Å². The molecule has 0 bridgehead atoms. The van der Waals surface area contributed by atoms with Crippen molar-refractivity contribution in [1.82, 2.24) is 9.97 Å². The molecule has 0 fully saturated rings. The Hall–Kier alpha value is -2.68. The van der Waals surface area contributed by atoms with Gasteiger partial charge in [-0.2, -0.15) is 0 Å². The maximum Gasteiger partial charge on any atom is 0.270 e. The van der Waals surface area contributed by atoms with Gasteiger partial charge < -0.3 is 5.32 Å². The standard InChI is InChI=1S/C13H12N4O2/c1-2-3-4-7-14-13-11-8-10(17(18)19)5-6-12(11)15-9-16-13/h1,5-6,8-9H,3-4,7H2,(H,14,15,16). The number of fused-ring (bicyclic) bond motifs is 1. The third-order valence-corrected chi connectivity index (χ3v) is 2.62. The van der Waals surface area contributed by atoms with E-state index in [2.05, 4.69) is 21.2 Å². The highest BCUT2D eigenvalue weighted by Gasteiger charge is 2.10. The highest BCUT2D eigenvalue weighted by molar-refractivity contribution is 5.90. The fourth-order valence-corrected chi connectivity index (χ4v) is 1.70. The van der Waals surface area contributed by atoms with Gasteiger partial charge >= 0.3 is 0 Å². The van der Waals surface area contributed by atoms with Crippen LogP contribution in [-0.2, 0) is 0 Å². The van der Waals surface area contributed by atoms with Crippen molar-refractivity contribution in [3.8, 4) is 12.3 Å². The Kier molecular flexibility index (Phi) is 3.88. The molecular weight excluding hydrogens is 244 g/mol. The van der Waals surface area contributed by atoms with Crippen LogP contribution in [0, 0.1) is 22.5 Å². The minimum Gasteiger partial charge on any atom is -0.369 e. The monoisotopic (exact) mass is 256 g/mol. The second kappa shape index (κ2) is 5.78. The highest BCUT2D eigenvalue weighted by atomic mass is 16.6. The summed E-state index contributed by atoms with van der Waals surface area (Å²) in [4.78, 5) is 18.5. The molecular formula is C13H12N4O2. The van der Waals surface area contributed by atoms with Crippen molar-refractivity contribution in [2.45, 2.75) is 12.8 Å². The zero-order valence-corrected chi connectivity index (χ0v) is 10.2. The van der Waals surface area contributed by atoms with Crippen LogP contribution >= 0.6 is 0 Å². The Labute approximate surface area is 110 Å². The van der Waals surface area contributed by atoms with Crippen molar-refractivity contribution in [3.05, 3.63) is 34.6 Å². The number of nitrogens with one attached hydrogen (secondary N) is 1. The van der Waals surface area contributed by atoms with E-state index >= 15 is 0 Å². The van der Waals surface area contributed by atoms with Crippen molar-refractivity contribution in [2.24, 2.45) is 0 Å². The molecule has 6 nitrogen and oxygen atoms in total. The first-order valence-electron chi connectivity index (χ1n) is 5.79. The predicted octanol–water partition coefficient (Wildman–Crippen LogP) is 2.36. The summed E-state index contributed by atoms with van der Waals surface area (Å²) in [5.41, 5.74) is 0.689. The van der Waals surface area contributed by atoms with Gasteiger partial charge in [-0.3, -0.25) is 10.1 Å². The molecule has 0 saturated heterocycles. The Morgan fingerprint density at radius 2 is 2.26 bits per heavy atom. The first-order chi connectivity index (χ1) is 9.22. The molecule has 0 aliphatic rings. The van der Waals surface area contributed by atoms with Crippen molar-refractivity contribution in [2.75, 3.05) is 11.9 Å². The van der Waals surface area contributed by atoms with Crippen LogP contribution in [0.25, 0.3) is 10.9 Å². The van der Waals surface area contributed by atoms with Gasteiger partial charge in [0.05, 0.1) is 10.4 Å². The van der Waals surface area contributed by atoms with Crippen LogP contribution < -0.4 is 5.32 Å². The summed E-state index contributed by atoms with van der Waals surface area (Å²) in [6.45, 7) is 0.666. The Morgan fingerprint density at radius 3 is 3.00 bits per heavy atom. The maximum atomic E-state index is 10.8. The molecule has 1 N–H and O–H groups in total. The number of non-ortho nitro benzene ring substituents is 1. The lowest BCUT2D eigenvalue weighted by Gasteiger charge is -2.07. The molecule has 1 aromatic heterocycles. The number of rotatable bonds is 5. The molecule has 0 atom stereocenters. The van der Waals surface area contributed by atoms with Crippen LogP contribution in [0.5, 0.6) is 0 Å². The van der Waals surface area contributed by atoms with Crippen LogP contribution in [-0.4, -0.2) is 21.4 Å². The van der Waals surface area contributed by atoms with Crippen molar-refractivity contribution < 1.29 is 4.92 Å². The molecule has 6 heteroatoms. The van der Waals surface area contributed by atoms with Crippen LogP contribution in [0.3, 0.4) is 0 Å². The van der Waals surface area contributed by atoms with Gasteiger partial charge in [-0.05, 0) is 12.5 Å². The number of nitro benzene ring substituents is 1. The summed E-state index contributed by atoms with van der Waals surface area (Å²) in [5, 5.41) is 14.5. The number of anilines is 1. The number of hydrogen-bond donors (Lipinski definition) is 1. The Bertz CT molecular complexity index is 649. The van der Waals surface area contributed by atoms with E-state index in [4.69, 9.17) is 6.42 Å². The second-order valence-corrected chi connectivity index (χ2v) is 3.92. The van der Waals surface area contributed by atoms with E-state index in [0.29, 0.717) is 29.7 Å². The third-order valence-electron chi connectivity index (χ3n) is 2.62. The average Bonchev–Trinajstić information content (AvgIpc) is 2.43. The lowest BCUT2D eigenvalue weighted by atomic mass is 10.2. The van der Waals surface area contributed by atoms with Gasteiger partial charge in [0.1, 0.15) is 12.1 Å². The van der Waals surface area contributed by atoms with E-state index in [1.165, 1.54) is 18.5 Å². The van der Waals surface area contributed by atoms with Crippen LogP contribution in [0.2, 0.25) is 0 Å². The minimum absolute atomic E-state index is 0.0222. The van der Waals surface area contributed by atoms with E-state index in [1.807, 2.05) is 0 Å². The van der Waals surface area contributed by atoms with Gasteiger partial charge in [0, 0.05) is 30.5 Å². The van der Waals surface area contributed by atoms with E-state index in [9.17, 15) is 10.1 Å². The van der Waals surface area contributed by atoms with Gasteiger partial charge in [0.25, 0.3) is 5.69 Å². The van der Waals surface area contributed by atoms with Gasteiger partial charge in [0.2, 0.25) is 0 Å². The largest absolute Gasteiger partial charge is 0.369 e. The molecule has 2 aromatic rings. The molecule has 96 valence electrons. The molecule has 19 heavy (non-hydrogen) atoms. The topological polar surface area (TPSA) is 81.0 Å². The number of nitro groups is 1. The fourth-order valence-electron chi connectivity index (χ4n) is 1.70. The van der Waals surface area contributed by atoms with Crippen molar-refractivity contribution in [1.29, 1.82) is 0 Å². The maximum absolute atomic E-state index is 10.8. The normalized spacial score (nSPS) is 10.1. The minimum atomic E-state index is -0.436. The SMILES string of the molecule is C#CCCCNc1ncnc2ccc([N+](=O)[O-])cc12. The summed E-state index contributed by atoms with van der Waals surface area (Å²) >= 11 is 0. The lowest BCUT2D eigenvalue weighted by molar-refractivity contribution is -0.384. The summed E-state index contributed by atoms with van der Waals surface area (Å²) in [6, 6.07) is 4.51. The smallest absolute Gasteiger partial charge is 0.270 e. The molecule has 0 spiro atoms. The molecule has 1 aromatic carbocycles. The zero-order valence-electron chi connectivity index (χ0n) is 10.2. The van der Waals surface area contributed by atoms with Crippen molar-refractivity contribution >= 4 is 22.4 Å². The predicted molar refractivity (Wildman–Crippen MR) is 72.7 cm³/mol. The third kappa shape index (κ3) is 2.96. The number of benzene rings is 1. The van der Waals surface area contributed by atoms with Crippen LogP contribution in [0.15, 0.2) is 24.5 Å². The molecule has 0 aliphatic heterocycles. The van der Waals surface area contributed by atoms with Gasteiger partial charge in [-0.1, -0.05) is 0 Å². The number of terminal acetylenes is 1. The Balaban J connectivity index is 2.29. The quantitative estimate of drug-likeness (QED) is 0.384. The van der Waals surface area contributed by atoms with Gasteiger partial charge in [-0.25, -0.2) is 9.97 Å². The zero-order chi connectivity index (χ0) is 13.7. The first-order valence-corrected chi connectivity index (χ1v) is 5.79. The number of aromatic nitrogens is 2. The molecule has 2 rings (SSSR count). The van der Waals surface area contributed by atoms with Crippen LogP contribution in [0.1, 0.15) is 12.8 Å². The number of unbranched alkanes of at least 4 members (excludes halogenated alkanes) is 1. The number of nitrogens with zero attached hydrogens (tertiary/aromatic N) is 3. The number of hydrogen-bond acceptors (Lipinski definition) is 5. The molecule has 0 aliphatic carbocycles. The van der Waals surface area contributed by atoms with E-state index in [-0.39, 0.29) is 5.69 Å². The van der Waals surface area contributed by atoms with E-state index in [1.54, 1.807) is 6.07 Å². The second-order valence-electron chi connectivity index (χ2n) is 3.92. The first kappa shape index (κ1) is 12.8. The average molecular weight is 256 g/mol. The lowest BCUT2D eigenvalue weighted by Crippen LogP contribution is -2.04. The van der Waals surface area contributed by atoms with Gasteiger partial charge in [0.15, 0.2) is 0 Å². The Morgan fingerprint density at radius 1 is 1.42 bits per heavy atom. The molecule has 0 radical (unpaired) electrons. The molecule has 0 unspecified atom stereocenters. The summed E-state index contributed by atoms with van der Waals surface area (Å²) < 4.78 is 0. The summed E-state index contributed by atoms with van der Waals surface area (Å²) in [5.74, 6) is 3.14. The van der Waals surface area contributed by atoms with Crippen LogP contribution in [0.4, 0.5) is 11.5 Å². The summed E-state index contributed by atoms with van der Waals surface area (Å²) in [7, 11) is 0. The van der Waals surface area contributed by atoms with Crippen molar-refractivity contribution in [3.63, 3.8) is 0 Å². The molecule has 0 saturated carbocycles. The van der Waals surface area contributed by atoms with E-state index < -0.39 is 4.92 Å². The summed E-state index contributed by atoms with van der Waals surface area (Å²) in [6.07, 6.45) is 8.09.